The highest BCUT2D eigenvalue weighted by atomic mass is 35.5. The summed E-state index contributed by atoms with van der Waals surface area (Å²) in [5.74, 6) is 2.20. The number of nitrogens with zero attached hydrogens (tertiary/aromatic N) is 5. The van der Waals surface area contributed by atoms with E-state index in [1.807, 2.05) is 41.3 Å². The van der Waals surface area contributed by atoms with E-state index in [4.69, 9.17) is 16.3 Å². The minimum atomic E-state index is -0.199. The average Bonchev–Trinajstić information content (AvgIpc) is 3.28. The second-order valence-electron chi connectivity index (χ2n) is 6.44. The number of anilines is 1. The monoisotopic (exact) mass is 381 g/mol. The third-order valence-corrected chi connectivity index (χ3v) is 5.07. The predicted octanol–water partition coefficient (Wildman–Crippen LogP) is 2.32. The van der Waals surface area contributed by atoms with Crippen molar-refractivity contribution in [1.29, 1.82) is 0 Å². The Morgan fingerprint density at radius 3 is 2.78 bits per heavy atom. The number of halogens is 1. The SMILES string of the molecule is COc1ccc(Cn2nc3n(c2=O)-c2cc(Cl)ccc2C2=NCCN23)cc1. The number of aliphatic imine (C=N–C) groups is 1. The van der Waals surface area contributed by atoms with Gasteiger partial charge < -0.3 is 4.74 Å². The van der Waals surface area contributed by atoms with E-state index in [1.54, 1.807) is 17.7 Å². The van der Waals surface area contributed by atoms with Crippen molar-refractivity contribution >= 4 is 23.4 Å². The van der Waals surface area contributed by atoms with Crippen LogP contribution in [0.5, 0.6) is 5.75 Å². The molecule has 0 unspecified atom stereocenters. The molecule has 7 nitrogen and oxygen atoms in total. The minimum Gasteiger partial charge on any atom is -0.497 e. The van der Waals surface area contributed by atoms with Crippen LogP contribution >= 0.6 is 11.6 Å². The molecule has 27 heavy (non-hydrogen) atoms. The summed E-state index contributed by atoms with van der Waals surface area (Å²) in [4.78, 5) is 19.7. The topological polar surface area (TPSA) is 64.6 Å². The van der Waals surface area contributed by atoms with Crippen LogP contribution in [0.1, 0.15) is 11.1 Å². The molecule has 2 aromatic carbocycles. The maximum atomic E-state index is 13.1. The molecule has 0 saturated carbocycles. The van der Waals surface area contributed by atoms with Crippen molar-refractivity contribution in [2.75, 3.05) is 25.1 Å². The largest absolute Gasteiger partial charge is 0.497 e. The maximum Gasteiger partial charge on any atom is 0.352 e. The fraction of sp³-hybridized carbons (Fsp3) is 0.211. The third kappa shape index (κ3) is 2.46. The zero-order valence-electron chi connectivity index (χ0n) is 14.6. The Balaban J connectivity index is 1.63. The quantitative estimate of drug-likeness (QED) is 0.698. The second-order valence-corrected chi connectivity index (χ2v) is 6.88. The van der Waals surface area contributed by atoms with Gasteiger partial charge in [-0.1, -0.05) is 23.7 Å². The molecule has 0 fully saturated rings. The molecule has 0 aliphatic carbocycles. The molecule has 0 spiro atoms. The van der Waals surface area contributed by atoms with Gasteiger partial charge in [0.1, 0.15) is 11.6 Å². The lowest BCUT2D eigenvalue weighted by molar-refractivity contribution is 0.414. The standard InChI is InChI=1S/C19H16ClN5O2/c1-27-14-5-2-12(3-6-14)11-24-19(26)25-16-10-13(20)4-7-15(16)17-21-8-9-23(17)18(25)22-24/h2-7,10H,8-9,11H2,1H3. The molecular weight excluding hydrogens is 366 g/mol. The van der Waals surface area contributed by atoms with Crippen LogP contribution in [0.2, 0.25) is 5.02 Å². The Kier molecular flexibility index (Phi) is 3.58. The van der Waals surface area contributed by atoms with E-state index < -0.39 is 0 Å². The van der Waals surface area contributed by atoms with Crippen LogP contribution in [-0.4, -0.2) is 40.4 Å². The first-order chi connectivity index (χ1) is 13.2. The molecule has 3 heterocycles. The summed E-state index contributed by atoms with van der Waals surface area (Å²) < 4.78 is 8.28. The molecule has 3 aromatic rings. The minimum absolute atomic E-state index is 0.199. The van der Waals surface area contributed by atoms with Crippen LogP contribution < -0.4 is 15.3 Å². The fourth-order valence-electron chi connectivity index (χ4n) is 3.54. The molecule has 0 radical (unpaired) electrons. The summed E-state index contributed by atoms with van der Waals surface area (Å²) in [5, 5.41) is 5.17. The Morgan fingerprint density at radius 1 is 1.19 bits per heavy atom. The van der Waals surface area contributed by atoms with Crippen LogP contribution in [0.25, 0.3) is 5.69 Å². The number of aromatic nitrogens is 3. The van der Waals surface area contributed by atoms with Crippen LogP contribution in [0.4, 0.5) is 5.95 Å². The number of hydrogen-bond acceptors (Lipinski definition) is 5. The normalized spacial score (nSPS) is 14.4. The van der Waals surface area contributed by atoms with Crippen molar-refractivity contribution in [1.82, 2.24) is 14.3 Å². The van der Waals surface area contributed by atoms with E-state index in [-0.39, 0.29) is 5.69 Å². The molecular formula is C19H16ClN5O2. The van der Waals surface area contributed by atoms with E-state index in [2.05, 4.69) is 10.1 Å². The number of methoxy groups -OCH3 is 1. The molecule has 1 aromatic heterocycles. The molecule has 8 heteroatoms. The Morgan fingerprint density at radius 2 is 2.00 bits per heavy atom. The Labute approximate surface area is 160 Å². The summed E-state index contributed by atoms with van der Waals surface area (Å²) in [6, 6.07) is 13.1. The van der Waals surface area contributed by atoms with Crippen LogP contribution in [0, 0.1) is 0 Å². The van der Waals surface area contributed by atoms with Crippen LogP contribution in [-0.2, 0) is 6.54 Å². The van der Waals surface area contributed by atoms with Crippen molar-refractivity contribution in [3.8, 4) is 11.4 Å². The van der Waals surface area contributed by atoms with E-state index in [0.717, 1.165) is 28.4 Å². The molecule has 5 rings (SSSR count). The molecule has 0 bridgehead atoms. The van der Waals surface area contributed by atoms with E-state index in [9.17, 15) is 4.79 Å². The van der Waals surface area contributed by atoms with Gasteiger partial charge in [0.05, 0.1) is 25.9 Å². The molecule has 0 amide bonds. The maximum absolute atomic E-state index is 13.1. The number of amidine groups is 1. The Bertz CT molecular complexity index is 1130. The number of rotatable bonds is 3. The van der Waals surface area contributed by atoms with Gasteiger partial charge in [-0.15, -0.1) is 5.10 Å². The number of fused-ring (bicyclic) bond motifs is 6. The smallest absolute Gasteiger partial charge is 0.352 e. The van der Waals surface area contributed by atoms with E-state index >= 15 is 0 Å². The molecule has 2 aliphatic rings. The van der Waals surface area contributed by atoms with E-state index in [0.29, 0.717) is 30.6 Å². The van der Waals surface area contributed by atoms with Crippen LogP contribution in [0.15, 0.2) is 52.3 Å². The predicted molar refractivity (Wildman–Crippen MR) is 104 cm³/mol. The van der Waals surface area contributed by atoms with Crippen LogP contribution in [0.3, 0.4) is 0 Å². The zero-order valence-corrected chi connectivity index (χ0v) is 15.3. The first-order valence-electron chi connectivity index (χ1n) is 8.61. The lowest BCUT2D eigenvalue weighted by atomic mass is 10.1. The highest BCUT2D eigenvalue weighted by molar-refractivity contribution is 6.31. The van der Waals surface area contributed by atoms with Crippen molar-refractivity contribution in [2.45, 2.75) is 6.54 Å². The molecule has 2 aliphatic heterocycles. The lowest BCUT2D eigenvalue weighted by Gasteiger charge is -2.26. The summed E-state index contributed by atoms with van der Waals surface area (Å²) in [6.45, 7) is 1.76. The van der Waals surface area contributed by atoms with Crippen molar-refractivity contribution in [3.63, 3.8) is 0 Å². The summed E-state index contributed by atoms with van der Waals surface area (Å²) >= 11 is 6.20. The lowest BCUT2D eigenvalue weighted by Crippen LogP contribution is -2.37. The molecule has 0 saturated heterocycles. The fourth-order valence-corrected chi connectivity index (χ4v) is 3.71. The van der Waals surface area contributed by atoms with Gasteiger partial charge in [0.15, 0.2) is 0 Å². The summed E-state index contributed by atoms with van der Waals surface area (Å²) in [7, 11) is 1.63. The van der Waals surface area contributed by atoms with Gasteiger partial charge in [-0.25, -0.2) is 14.0 Å². The van der Waals surface area contributed by atoms with E-state index in [1.165, 1.54) is 4.68 Å². The molecule has 0 N–H and O–H groups in total. The van der Waals surface area contributed by atoms with Gasteiger partial charge in [-0.3, -0.25) is 9.89 Å². The van der Waals surface area contributed by atoms with Gasteiger partial charge in [0, 0.05) is 17.1 Å². The number of hydrogen-bond donors (Lipinski definition) is 0. The van der Waals surface area contributed by atoms with Gasteiger partial charge in [-0.05, 0) is 35.9 Å². The second kappa shape index (κ2) is 5.99. The third-order valence-electron chi connectivity index (χ3n) is 4.84. The summed E-state index contributed by atoms with van der Waals surface area (Å²) in [6.07, 6.45) is 0. The summed E-state index contributed by atoms with van der Waals surface area (Å²) in [5.41, 5.74) is 2.39. The van der Waals surface area contributed by atoms with Crippen molar-refractivity contribution in [2.24, 2.45) is 4.99 Å². The highest BCUT2D eigenvalue weighted by Gasteiger charge is 2.34. The molecule has 136 valence electrons. The van der Waals surface area contributed by atoms with Gasteiger partial charge in [0.2, 0.25) is 5.95 Å². The molecule has 0 atom stereocenters. The highest BCUT2D eigenvalue weighted by Crippen LogP contribution is 2.31. The number of benzene rings is 2. The number of ether oxygens (including phenoxy) is 1. The Hall–Kier alpha value is -3.06. The van der Waals surface area contributed by atoms with Gasteiger partial charge in [0.25, 0.3) is 0 Å². The van der Waals surface area contributed by atoms with Gasteiger partial charge >= 0.3 is 5.69 Å². The average molecular weight is 382 g/mol. The van der Waals surface area contributed by atoms with Crippen molar-refractivity contribution in [3.05, 3.63) is 69.1 Å². The van der Waals surface area contributed by atoms with Crippen molar-refractivity contribution < 1.29 is 4.74 Å². The first-order valence-corrected chi connectivity index (χ1v) is 8.98. The first kappa shape index (κ1) is 16.1. The zero-order chi connectivity index (χ0) is 18.5. The van der Waals surface area contributed by atoms with Gasteiger partial charge in [-0.2, -0.15) is 0 Å².